The largest absolute Gasteiger partial charge is 0.492 e. The van der Waals surface area contributed by atoms with Crippen molar-refractivity contribution in [1.29, 1.82) is 0 Å². The first-order valence-electron chi connectivity index (χ1n) is 9.60. The highest BCUT2D eigenvalue weighted by Crippen LogP contribution is 2.20. The number of rotatable bonds is 8. The van der Waals surface area contributed by atoms with Crippen LogP contribution in [0.5, 0.6) is 5.75 Å². The van der Waals surface area contributed by atoms with Gasteiger partial charge in [0.2, 0.25) is 0 Å². The van der Waals surface area contributed by atoms with Crippen molar-refractivity contribution in [3.8, 4) is 5.75 Å². The molecule has 1 saturated heterocycles. The van der Waals surface area contributed by atoms with Gasteiger partial charge in [-0.1, -0.05) is 41.9 Å². The second-order valence-corrected chi connectivity index (χ2v) is 7.56. The lowest BCUT2D eigenvalue weighted by atomic mass is 9.96. The Kier molecular flexibility index (Phi) is 7.36. The quantitative estimate of drug-likeness (QED) is 0.721. The summed E-state index contributed by atoms with van der Waals surface area (Å²) in [7, 11) is 0. The van der Waals surface area contributed by atoms with Crippen molar-refractivity contribution in [2.24, 2.45) is 5.92 Å². The predicted octanol–water partition coefficient (Wildman–Crippen LogP) is 4.78. The van der Waals surface area contributed by atoms with Crippen LogP contribution in [0.25, 0.3) is 0 Å². The Hall–Kier alpha value is -1.55. The van der Waals surface area contributed by atoms with E-state index >= 15 is 0 Å². The predicted molar refractivity (Wildman–Crippen MR) is 109 cm³/mol. The van der Waals surface area contributed by atoms with Crippen LogP contribution in [0.1, 0.15) is 31.4 Å². The molecule has 1 fully saturated rings. The number of nitrogens with one attached hydrogen (secondary N) is 1. The number of ether oxygens (including phenoxy) is 1. The van der Waals surface area contributed by atoms with Crippen LogP contribution in [-0.4, -0.2) is 37.7 Å². The molecular weight excluding hydrogens is 344 g/mol. The van der Waals surface area contributed by atoms with Crippen LogP contribution in [0.3, 0.4) is 0 Å². The lowest BCUT2D eigenvalue weighted by molar-refractivity contribution is 0.153. The summed E-state index contributed by atoms with van der Waals surface area (Å²) < 4.78 is 5.81. The SMILES string of the molecule is CC(NCC1CCN(CCOc2ccccc2)CC1)c1ccc(Cl)cc1. The Labute approximate surface area is 162 Å². The number of likely N-dealkylation sites (tertiary alicyclic amines) is 1. The molecule has 3 nitrogen and oxygen atoms in total. The molecule has 0 radical (unpaired) electrons. The average Bonchev–Trinajstić information content (AvgIpc) is 2.68. The van der Waals surface area contributed by atoms with Crippen LogP contribution in [-0.2, 0) is 0 Å². The molecule has 0 bridgehead atoms. The number of benzene rings is 2. The Balaban J connectivity index is 1.31. The fraction of sp³-hybridized carbons (Fsp3) is 0.455. The van der Waals surface area contributed by atoms with Crippen LogP contribution in [0.4, 0.5) is 0 Å². The van der Waals surface area contributed by atoms with Crippen LogP contribution in [0, 0.1) is 5.92 Å². The molecule has 4 heteroatoms. The van der Waals surface area contributed by atoms with Gasteiger partial charge < -0.3 is 10.1 Å². The molecule has 0 aromatic heterocycles. The molecule has 3 rings (SSSR count). The summed E-state index contributed by atoms with van der Waals surface area (Å²) in [5.41, 5.74) is 1.30. The molecule has 0 amide bonds. The summed E-state index contributed by atoms with van der Waals surface area (Å²) in [6.45, 7) is 7.41. The highest BCUT2D eigenvalue weighted by Gasteiger charge is 2.19. The zero-order valence-electron chi connectivity index (χ0n) is 15.5. The molecule has 26 heavy (non-hydrogen) atoms. The molecular formula is C22H29ClN2O. The van der Waals surface area contributed by atoms with Gasteiger partial charge in [0.05, 0.1) is 0 Å². The van der Waals surface area contributed by atoms with Crippen LogP contribution in [0.15, 0.2) is 54.6 Å². The van der Waals surface area contributed by atoms with Crippen molar-refractivity contribution in [3.05, 3.63) is 65.2 Å². The van der Waals surface area contributed by atoms with Crippen molar-refractivity contribution in [2.75, 3.05) is 32.8 Å². The number of para-hydroxylation sites is 1. The van der Waals surface area contributed by atoms with E-state index < -0.39 is 0 Å². The molecule has 2 aromatic rings. The van der Waals surface area contributed by atoms with Crippen molar-refractivity contribution in [1.82, 2.24) is 10.2 Å². The molecule has 0 spiro atoms. The van der Waals surface area contributed by atoms with E-state index in [1.807, 2.05) is 42.5 Å². The molecule has 2 aromatic carbocycles. The van der Waals surface area contributed by atoms with E-state index in [0.29, 0.717) is 6.04 Å². The van der Waals surface area contributed by atoms with Crippen molar-refractivity contribution < 1.29 is 4.74 Å². The number of hydrogen-bond donors (Lipinski definition) is 1. The highest BCUT2D eigenvalue weighted by molar-refractivity contribution is 6.30. The smallest absolute Gasteiger partial charge is 0.119 e. The van der Waals surface area contributed by atoms with E-state index in [-0.39, 0.29) is 0 Å². The van der Waals surface area contributed by atoms with Crippen molar-refractivity contribution in [3.63, 3.8) is 0 Å². The maximum absolute atomic E-state index is 5.97. The third-order valence-electron chi connectivity index (χ3n) is 5.21. The Bertz CT molecular complexity index is 639. The van der Waals surface area contributed by atoms with E-state index in [1.165, 1.54) is 31.5 Å². The molecule has 1 atom stereocenters. The fourth-order valence-corrected chi connectivity index (χ4v) is 3.56. The maximum Gasteiger partial charge on any atom is 0.119 e. The minimum atomic E-state index is 0.365. The lowest BCUT2D eigenvalue weighted by Crippen LogP contribution is -2.39. The summed E-state index contributed by atoms with van der Waals surface area (Å²) in [6.07, 6.45) is 2.51. The third-order valence-corrected chi connectivity index (χ3v) is 5.46. The second kappa shape index (κ2) is 9.96. The first-order chi connectivity index (χ1) is 12.7. The molecule has 1 aliphatic heterocycles. The number of halogens is 1. The molecule has 140 valence electrons. The Morgan fingerprint density at radius 3 is 2.46 bits per heavy atom. The van der Waals surface area contributed by atoms with Crippen LogP contribution < -0.4 is 10.1 Å². The summed E-state index contributed by atoms with van der Waals surface area (Å²) in [4.78, 5) is 2.52. The molecule has 0 saturated carbocycles. The highest BCUT2D eigenvalue weighted by atomic mass is 35.5. The number of hydrogen-bond acceptors (Lipinski definition) is 3. The van der Waals surface area contributed by atoms with E-state index in [2.05, 4.69) is 29.3 Å². The number of nitrogens with zero attached hydrogens (tertiary/aromatic N) is 1. The van der Waals surface area contributed by atoms with E-state index in [4.69, 9.17) is 16.3 Å². The fourth-order valence-electron chi connectivity index (χ4n) is 3.44. The molecule has 1 heterocycles. The summed E-state index contributed by atoms with van der Waals surface area (Å²) >= 11 is 5.97. The van der Waals surface area contributed by atoms with Gasteiger partial charge in [0.15, 0.2) is 0 Å². The molecule has 0 aliphatic carbocycles. The molecule has 1 N–H and O–H groups in total. The van der Waals surface area contributed by atoms with Gasteiger partial charge in [-0.2, -0.15) is 0 Å². The first kappa shape index (κ1) is 19.2. The van der Waals surface area contributed by atoms with E-state index in [0.717, 1.165) is 36.4 Å². The van der Waals surface area contributed by atoms with Gasteiger partial charge >= 0.3 is 0 Å². The second-order valence-electron chi connectivity index (χ2n) is 7.13. The van der Waals surface area contributed by atoms with E-state index in [9.17, 15) is 0 Å². The minimum absolute atomic E-state index is 0.365. The Morgan fingerprint density at radius 1 is 1.08 bits per heavy atom. The standard InChI is InChI=1S/C22H29ClN2O/c1-18(20-7-9-21(23)10-8-20)24-17-19-11-13-25(14-12-19)15-16-26-22-5-3-2-4-6-22/h2-10,18-19,24H,11-17H2,1H3. The van der Waals surface area contributed by atoms with Gasteiger partial charge in [-0.05, 0) is 75.1 Å². The number of piperidine rings is 1. The van der Waals surface area contributed by atoms with Gasteiger partial charge in [-0.3, -0.25) is 4.90 Å². The third kappa shape index (κ3) is 6.01. The topological polar surface area (TPSA) is 24.5 Å². The maximum atomic E-state index is 5.97. The van der Waals surface area contributed by atoms with Gasteiger partial charge in [0.1, 0.15) is 12.4 Å². The minimum Gasteiger partial charge on any atom is -0.492 e. The summed E-state index contributed by atoms with van der Waals surface area (Å²) in [5.74, 6) is 1.72. The zero-order chi connectivity index (χ0) is 18.2. The summed E-state index contributed by atoms with van der Waals surface area (Å²) in [6, 6.07) is 18.6. The van der Waals surface area contributed by atoms with Crippen molar-refractivity contribution >= 4 is 11.6 Å². The average molecular weight is 373 g/mol. The molecule has 1 aliphatic rings. The van der Waals surface area contributed by atoms with Crippen LogP contribution >= 0.6 is 11.6 Å². The van der Waals surface area contributed by atoms with Gasteiger partial charge in [-0.25, -0.2) is 0 Å². The van der Waals surface area contributed by atoms with Gasteiger partial charge in [0, 0.05) is 17.6 Å². The van der Waals surface area contributed by atoms with Crippen molar-refractivity contribution in [2.45, 2.75) is 25.8 Å². The normalized spacial score (nSPS) is 17.2. The zero-order valence-corrected chi connectivity index (χ0v) is 16.3. The van der Waals surface area contributed by atoms with Crippen LogP contribution in [0.2, 0.25) is 5.02 Å². The van der Waals surface area contributed by atoms with Gasteiger partial charge in [-0.15, -0.1) is 0 Å². The molecule has 1 unspecified atom stereocenters. The Morgan fingerprint density at radius 2 is 1.77 bits per heavy atom. The van der Waals surface area contributed by atoms with E-state index in [1.54, 1.807) is 0 Å². The first-order valence-corrected chi connectivity index (χ1v) is 9.97. The summed E-state index contributed by atoms with van der Waals surface area (Å²) in [5, 5.41) is 4.48. The monoisotopic (exact) mass is 372 g/mol. The van der Waals surface area contributed by atoms with Gasteiger partial charge in [0.25, 0.3) is 0 Å². The lowest BCUT2D eigenvalue weighted by Gasteiger charge is -2.32.